The van der Waals surface area contributed by atoms with E-state index < -0.39 is 0 Å². The van der Waals surface area contributed by atoms with Gasteiger partial charge in [0.25, 0.3) is 0 Å². The van der Waals surface area contributed by atoms with Crippen LogP contribution >= 0.6 is 0 Å². The lowest BCUT2D eigenvalue weighted by Crippen LogP contribution is -2.57. The van der Waals surface area contributed by atoms with Gasteiger partial charge in [-0.1, -0.05) is 0 Å². The summed E-state index contributed by atoms with van der Waals surface area (Å²) in [6, 6.07) is 0.318. The van der Waals surface area contributed by atoms with Crippen molar-refractivity contribution in [2.75, 3.05) is 37.0 Å². The van der Waals surface area contributed by atoms with E-state index in [0.717, 1.165) is 19.6 Å². The molecule has 7 heteroatoms. The molecule has 0 aromatic carbocycles. The monoisotopic (exact) mass is 295 g/mol. The number of ether oxygens (including phenoxy) is 2. The van der Waals surface area contributed by atoms with Crippen LogP contribution in [0.1, 0.15) is 34.6 Å². The molecule has 0 aliphatic carbocycles. The van der Waals surface area contributed by atoms with Crippen molar-refractivity contribution in [3.8, 4) is 6.01 Å². The molecule has 1 aromatic rings. The van der Waals surface area contributed by atoms with Crippen LogP contribution in [0.5, 0.6) is 6.01 Å². The number of anilines is 2. The Morgan fingerprint density at radius 1 is 1.14 bits per heavy atom. The van der Waals surface area contributed by atoms with Gasteiger partial charge in [-0.25, -0.2) is 0 Å². The van der Waals surface area contributed by atoms with Gasteiger partial charge < -0.3 is 19.7 Å². The Hall–Kier alpha value is -1.63. The molecule has 0 radical (unpaired) electrons. The van der Waals surface area contributed by atoms with Crippen LogP contribution in [-0.2, 0) is 4.74 Å². The minimum absolute atomic E-state index is 0.264. The Labute approximate surface area is 126 Å². The Morgan fingerprint density at radius 2 is 1.76 bits per heavy atom. The molecule has 1 N–H and O–H groups in total. The standard InChI is InChI=1S/C14H25N5O2/c1-7-15-10-16-11(18-12(17-10)20-6)19-8-13(2,3)21-14(4,5)9-19/h7-9H2,1-6H3,(H,15,16,17,18). The molecule has 0 unspecified atom stereocenters. The maximum Gasteiger partial charge on any atom is 0.322 e. The second-order valence-corrected chi connectivity index (χ2v) is 6.45. The van der Waals surface area contributed by atoms with E-state index in [0.29, 0.717) is 17.9 Å². The zero-order valence-electron chi connectivity index (χ0n) is 13.7. The highest BCUT2D eigenvalue weighted by Gasteiger charge is 2.39. The summed E-state index contributed by atoms with van der Waals surface area (Å²) in [6.45, 7) is 12.5. The van der Waals surface area contributed by atoms with Crippen LogP contribution in [0.25, 0.3) is 0 Å². The zero-order valence-corrected chi connectivity index (χ0v) is 13.7. The molecule has 0 saturated carbocycles. The normalized spacial score (nSPS) is 20.2. The average molecular weight is 295 g/mol. The summed E-state index contributed by atoms with van der Waals surface area (Å²) in [5, 5.41) is 3.10. The first-order chi connectivity index (χ1) is 9.74. The minimum Gasteiger partial charge on any atom is -0.467 e. The number of methoxy groups -OCH3 is 1. The van der Waals surface area contributed by atoms with Gasteiger partial charge in [0, 0.05) is 19.6 Å². The summed E-state index contributed by atoms with van der Waals surface area (Å²) in [4.78, 5) is 15.2. The molecule has 118 valence electrons. The van der Waals surface area contributed by atoms with Crippen molar-refractivity contribution in [1.29, 1.82) is 0 Å². The molecule has 1 aliphatic heterocycles. The van der Waals surface area contributed by atoms with Gasteiger partial charge in [0.05, 0.1) is 18.3 Å². The fraction of sp³-hybridized carbons (Fsp3) is 0.786. The molecule has 1 aromatic heterocycles. The molecule has 2 rings (SSSR count). The number of aromatic nitrogens is 3. The molecular weight excluding hydrogens is 270 g/mol. The lowest BCUT2D eigenvalue weighted by molar-refractivity contribution is -0.133. The number of nitrogens with zero attached hydrogens (tertiary/aromatic N) is 4. The van der Waals surface area contributed by atoms with E-state index in [1.807, 2.05) is 6.92 Å². The zero-order chi connectivity index (χ0) is 15.7. The first kappa shape index (κ1) is 15.8. The number of nitrogens with one attached hydrogen (secondary N) is 1. The second-order valence-electron chi connectivity index (χ2n) is 6.45. The smallest absolute Gasteiger partial charge is 0.322 e. The van der Waals surface area contributed by atoms with Crippen molar-refractivity contribution in [2.45, 2.75) is 45.8 Å². The second kappa shape index (κ2) is 5.63. The number of hydrogen-bond donors (Lipinski definition) is 1. The number of rotatable bonds is 4. The Balaban J connectivity index is 2.33. The predicted molar refractivity (Wildman–Crippen MR) is 82.0 cm³/mol. The van der Waals surface area contributed by atoms with Crippen LogP contribution in [0.15, 0.2) is 0 Å². The fourth-order valence-corrected chi connectivity index (χ4v) is 2.74. The third-order valence-corrected chi connectivity index (χ3v) is 3.10. The first-order valence-electron chi connectivity index (χ1n) is 7.24. The van der Waals surface area contributed by atoms with Crippen LogP contribution in [0, 0.1) is 0 Å². The lowest BCUT2D eigenvalue weighted by Gasteiger charge is -2.47. The molecular formula is C14H25N5O2. The van der Waals surface area contributed by atoms with Crippen LogP contribution < -0.4 is 15.0 Å². The molecule has 21 heavy (non-hydrogen) atoms. The van der Waals surface area contributed by atoms with Crippen molar-refractivity contribution in [3.63, 3.8) is 0 Å². The molecule has 1 saturated heterocycles. The molecule has 1 aliphatic rings. The lowest BCUT2D eigenvalue weighted by atomic mass is 9.99. The molecule has 1 fully saturated rings. The topological polar surface area (TPSA) is 72.4 Å². The van der Waals surface area contributed by atoms with Gasteiger partial charge in [-0.05, 0) is 34.6 Å². The van der Waals surface area contributed by atoms with Gasteiger partial charge in [0.15, 0.2) is 0 Å². The van der Waals surface area contributed by atoms with Crippen LogP contribution in [0.4, 0.5) is 11.9 Å². The van der Waals surface area contributed by atoms with Crippen LogP contribution in [0.3, 0.4) is 0 Å². The Kier molecular flexibility index (Phi) is 4.22. The first-order valence-corrected chi connectivity index (χ1v) is 7.24. The third kappa shape index (κ3) is 3.93. The quantitative estimate of drug-likeness (QED) is 0.906. The molecule has 7 nitrogen and oxygen atoms in total. The number of morpholine rings is 1. The fourth-order valence-electron chi connectivity index (χ4n) is 2.74. The van der Waals surface area contributed by atoms with Gasteiger partial charge in [-0.15, -0.1) is 0 Å². The van der Waals surface area contributed by atoms with Crippen LogP contribution in [-0.4, -0.2) is 52.9 Å². The summed E-state index contributed by atoms with van der Waals surface area (Å²) in [6.07, 6.45) is 0. The average Bonchev–Trinajstić information content (AvgIpc) is 2.35. The highest BCUT2D eigenvalue weighted by Crippen LogP contribution is 2.30. The third-order valence-electron chi connectivity index (χ3n) is 3.10. The highest BCUT2D eigenvalue weighted by atomic mass is 16.5. The van der Waals surface area contributed by atoms with Gasteiger partial charge in [-0.2, -0.15) is 15.0 Å². The van der Waals surface area contributed by atoms with E-state index in [-0.39, 0.29) is 11.2 Å². The molecule has 0 amide bonds. The van der Waals surface area contributed by atoms with Crippen molar-refractivity contribution < 1.29 is 9.47 Å². The minimum atomic E-state index is -0.264. The van der Waals surface area contributed by atoms with Crippen molar-refractivity contribution in [3.05, 3.63) is 0 Å². The van der Waals surface area contributed by atoms with E-state index in [2.05, 4.69) is 52.9 Å². The summed E-state index contributed by atoms with van der Waals surface area (Å²) in [7, 11) is 1.56. The van der Waals surface area contributed by atoms with E-state index in [4.69, 9.17) is 9.47 Å². The summed E-state index contributed by atoms with van der Waals surface area (Å²) in [5.74, 6) is 1.14. The summed E-state index contributed by atoms with van der Waals surface area (Å²) < 4.78 is 11.3. The molecule has 0 spiro atoms. The molecule has 0 atom stereocenters. The summed E-state index contributed by atoms with van der Waals surface area (Å²) in [5.41, 5.74) is -0.528. The summed E-state index contributed by atoms with van der Waals surface area (Å²) >= 11 is 0. The van der Waals surface area contributed by atoms with Crippen LogP contribution in [0.2, 0.25) is 0 Å². The SMILES string of the molecule is CCNc1nc(OC)nc(N2CC(C)(C)OC(C)(C)C2)n1. The van der Waals surface area contributed by atoms with Crippen molar-refractivity contribution >= 4 is 11.9 Å². The van der Waals surface area contributed by atoms with Gasteiger partial charge in [0.2, 0.25) is 11.9 Å². The maximum atomic E-state index is 6.09. The van der Waals surface area contributed by atoms with E-state index in [9.17, 15) is 0 Å². The largest absolute Gasteiger partial charge is 0.467 e. The van der Waals surface area contributed by atoms with Crippen molar-refractivity contribution in [1.82, 2.24) is 15.0 Å². The number of hydrogen-bond acceptors (Lipinski definition) is 7. The van der Waals surface area contributed by atoms with E-state index in [1.54, 1.807) is 7.11 Å². The van der Waals surface area contributed by atoms with Gasteiger partial charge >= 0.3 is 6.01 Å². The predicted octanol–water partition coefficient (Wildman–Crippen LogP) is 1.71. The molecule has 2 heterocycles. The molecule has 0 bridgehead atoms. The van der Waals surface area contributed by atoms with Crippen molar-refractivity contribution in [2.24, 2.45) is 0 Å². The maximum absolute atomic E-state index is 6.09. The van der Waals surface area contributed by atoms with Gasteiger partial charge in [0.1, 0.15) is 0 Å². The van der Waals surface area contributed by atoms with E-state index in [1.165, 1.54) is 0 Å². The van der Waals surface area contributed by atoms with Gasteiger partial charge in [-0.3, -0.25) is 0 Å². The van der Waals surface area contributed by atoms with E-state index >= 15 is 0 Å². The Bertz CT molecular complexity index is 488. The Morgan fingerprint density at radius 3 is 2.29 bits per heavy atom. The highest BCUT2D eigenvalue weighted by molar-refractivity contribution is 5.40.